The maximum Gasteiger partial charge on any atom is 0.292 e. The molecule has 0 spiro atoms. The largest absolute Gasteiger partial charge is 0.324 e. The average molecular weight is 360 g/mol. The molecule has 1 saturated heterocycles. The highest BCUT2D eigenvalue weighted by atomic mass is 16.2. The number of anilines is 1. The summed E-state index contributed by atoms with van der Waals surface area (Å²) in [4.78, 5) is 28.4. The van der Waals surface area contributed by atoms with Crippen LogP contribution in [0.5, 0.6) is 0 Å². The molecule has 0 saturated carbocycles. The van der Waals surface area contributed by atoms with E-state index in [4.69, 9.17) is 0 Å². The summed E-state index contributed by atoms with van der Waals surface area (Å²) in [6, 6.07) is 7.63. The number of hydrogen-bond acceptors (Lipinski definition) is 2. The van der Waals surface area contributed by atoms with Crippen LogP contribution in [-0.4, -0.2) is 30.9 Å². The first-order valence-corrected chi connectivity index (χ1v) is 10.4. The van der Waals surface area contributed by atoms with Gasteiger partial charge in [-0.15, -0.1) is 0 Å². The molecule has 4 nitrogen and oxygen atoms in total. The molecule has 1 aliphatic heterocycles. The molecule has 0 bridgehead atoms. The number of hydrogen-bond donors (Lipinski definition) is 1. The molecule has 2 rings (SSSR count). The first-order chi connectivity index (χ1) is 12.6. The van der Waals surface area contributed by atoms with Gasteiger partial charge in [0.15, 0.2) is 6.04 Å². The minimum Gasteiger partial charge on any atom is -0.324 e. The van der Waals surface area contributed by atoms with Crippen molar-refractivity contribution in [3.63, 3.8) is 0 Å². The summed E-state index contributed by atoms with van der Waals surface area (Å²) in [5.41, 5.74) is 1.94. The highest BCUT2D eigenvalue weighted by Crippen LogP contribution is 2.22. The van der Waals surface area contributed by atoms with E-state index in [1.54, 1.807) is 0 Å². The Morgan fingerprint density at radius 3 is 2.00 bits per heavy atom. The second-order valence-corrected chi connectivity index (χ2v) is 7.42. The maximum absolute atomic E-state index is 13.1. The van der Waals surface area contributed by atoms with Crippen molar-refractivity contribution in [2.75, 3.05) is 18.0 Å². The van der Waals surface area contributed by atoms with E-state index >= 15 is 0 Å². The number of aryl methyl sites for hydroxylation is 1. The van der Waals surface area contributed by atoms with Gasteiger partial charge in [-0.05, 0) is 49.8 Å². The highest BCUT2D eigenvalue weighted by Gasteiger charge is 2.45. The lowest BCUT2D eigenvalue weighted by Gasteiger charge is -2.24. The monoisotopic (exact) mass is 359 g/mol. The first-order valence-electron chi connectivity index (χ1n) is 10.4. The van der Waals surface area contributed by atoms with Gasteiger partial charge in [0.2, 0.25) is 5.91 Å². The van der Waals surface area contributed by atoms with E-state index in [0.29, 0.717) is 6.42 Å². The quantitative estimate of drug-likeness (QED) is 0.487. The van der Waals surface area contributed by atoms with Gasteiger partial charge in [-0.2, -0.15) is 0 Å². The summed E-state index contributed by atoms with van der Waals surface area (Å²) in [5, 5.41) is 0. The zero-order chi connectivity index (χ0) is 18.9. The summed E-state index contributed by atoms with van der Waals surface area (Å²) in [6.45, 7) is 8.48. The Balaban J connectivity index is 2.10. The zero-order valence-corrected chi connectivity index (χ0v) is 16.7. The van der Waals surface area contributed by atoms with Crippen LogP contribution in [0.1, 0.15) is 71.3 Å². The number of nitrogens with one attached hydrogen (secondary N) is 1. The minimum atomic E-state index is -0.206. The average Bonchev–Trinajstić information content (AvgIpc) is 2.95. The summed E-state index contributed by atoms with van der Waals surface area (Å²) in [5.74, 6) is -0.0602. The fraction of sp³-hybridized carbons (Fsp3) is 0.636. The second kappa shape index (κ2) is 10.5. The lowest BCUT2D eigenvalue weighted by atomic mass is 10.1. The summed E-state index contributed by atoms with van der Waals surface area (Å²) < 4.78 is 0. The number of carbonyl (C=O) groups excluding carboxylic acids is 2. The van der Waals surface area contributed by atoms with Crippen molar-refractivity contribution < 1.29 is 14.5 Å². The summed E-state index contributed by atoms with van der Waals surface area (Å²) in [6.07, 6.45) is 8.29. The Morgan fingerprint density at radius 1 is 0.923 bits per heavy atom. The number of benzene rings is 1. The highest BCUT2D eigenvalue weighted by molar-refractivity contribution is 6.21. The molecule has 1 heterocycles. The van der Waals surface area contributed by atoms with Crippen molar-refractivity contribution in [2.24, 2.45) is 0 Å². The van der Waals surface area contributed by atoms with Crippen LogP contribution in [0.15, 0.2) is 24.3 Å². The Hall–Kier alpha value is -1.68. The van der Waals surface area contributed by atoms with Crippen molar-refractivity contribution in [1.82, 2.24) is 0 Å². The number of quaternary nitrogens is 1. The Bertz CT molecular complexity index is 572. The van der Waals surface area contributed by atoms with E-state index in [2.05, 4.69) is 20.8 Å². The normalized spacial score (nSPS) is 17.5. The van der Waals surface area contributed by atoms with E-state index in [1.165, 1.54) is 41.0 Å². The van der Waals surface area contributed by atoms with Crippen molar-refractivity contribution in [3.8, 4) is 0 Å². The molecule has 0 radical (unpaired) electrons. The molecule has 0 aromatic heterocycles. The van der Waals surface area contributed by atoms with Gasteiger partial charge in [0.25, 0.3) is 5.91 Å². The van der Waals surface area contributed by atoms with Gasteiger partial charge in [-0.3, -0.25) is 9.59 Å². The number of unbranched alkanes of at least 4 members (excludes halogenated alkanes) is 4. The van der Waals surface area contributed by atoms with E-state index in [-0.39, 0.29) is 17.9 Å². The predicted molar refractivity (Wildman–Crippen MR) is 106 cm³/mol. The second-order valence-electron chi connectivity index (χ2n) is 7.42. The standard InChI is InChI=1S/C22H34N2O2/c1-4-7-9-15-23(16-10-8-5-2)20-17-21(25)24(22(20)26)19-13-11-18(6-3)12-14-19/h11-14,20H,4-10,15-17H2,1-3H3/p+1/t20-/m1/s1. The molecule has 144 valence electrons. The van der Waals surface area contributed by atoms with Crippen LogP contribution in [0, 0.1) is 0 Å². The molecule has 4 heteroatoms. The number of nitrogens with zero attached hydrogens (tertiary/aromatic N) is 1. The van der Waals surface area contributed by atoms with Gasteiger partial charge in [0.05, 0.1) is 25.2 Å². The molecule has 0 unspecified atom stereocenters. The molecule has 26 heavy (non-hydrogen) atoms. The first kappa shape index (κ1) is 20.6. The molecule has 0 aliphatic carbocycles. The van der Waals surface area contributed by atoms with E-state index in [1.807, 2.05) is 24.3 Å². The van der Waals surface area contributed by atoms with Gasteiger partial charge in [-0.1, -0.05) is 45.7 Å². The van der Waals surface area contributed by atoms with E-state index in [0.717, 1.165) is 38.0 Å². The summed E-state index contributed by atoms with van der Waals surface area (Å²) in [7, 11) is 0. The molecule has 1 fully saturated rings. The van der Waals surface area contributed by atoms with Crippen LogP contribution in [0.25, 0.3) is 0 Å². The lowest BCUT2D eigenvalue weighted by molar-refractivity contribution is -0.915. The number of rotatable bonds is 11. The van der Waals surface area contributed by atoms with Crippen molar-refractivity contribution in [3.05, 3.63) is 29.8 Å². The third-order valence-corrected chi connectivity index (χ3v) is 5.45. The molecular weight excluding hydrogens is 324 g/mol. The predicted octanol–water partition coefficient (Wildman–Crippen LogP) is 3.15. The van der Waals surface area contributed by atoms with Gasteiger partial charge in [-0.25, -0.2) is 4.90 Å². The molecular formula is C22H35N2O2+. The van der Waals surface area contributed by atoms with E-state index in [9.17, 15) is 9.59 Å². The topological polar surface area (TPSA) is 41.8 Å². The molecule has 1 aromatic rings. The Kier molecular flexibility index (Phi) is 8.30. The number of amides is 2. The van der Waals surface area contributed by atoms with Gasteiger partial charge in [0.1, 0.15) is 0 Å². The SMILES string of the molecule is CCCCC[NH+](CCCCC)[C@@H]1CC(=O)N(c2ccc(CC)cc2)C1=O. The maximum atomic E-state index is 13.1. The third kappa shape index (κ3) is 5.16. The molecule has 1 N–H and O–H groups in total. The van der Waals surface area contributed by atoms with Crippen LogP contribution in [0.2, 0.25) is 0 Å². The lowest BCUT2D eigenvalue weighted by Crippen LogP contribution is -3.16. The third-order valence-electron chi connectivity index (χ3n) is 5.45. The molecule has 1 aliphatic rings. The fourth-order valence-electron chi connectivity index (χ4n) is 3.78. The zero-order valence-electron chi connectivity index (χ0n) is 16.7. The van der Waals surface area contributed by atoms with Gasteiger partial charge < -0.3 is 4.90 Å². The minimum absolute atomic E-state index is 0.0118. The summed E-state index contributed by atoms with van der Waals surface area (Å²) >= 11 is 0. The number of imide groups is 1. The van der Waals surface area contributed by atoms with Crippen LogP contribution in [0.4, 0.5) is 5.69 Å². The van der Waals surface area contributed by atoms with Crippen molar-refractivity contribution >= 4 is 17.5 Å². The number of carbonyl (C=O) groups is 2. The molecule has 1 atom stereocenters. The smallest absolute Gasteiger partial charge is 0.292 e. The van der Waals surface area contributed by atoms with Crippen molar-refractivity contribution in [1.29, 1.82) is 0 Å². The molecule has 1 aromatic carbocycles. The van der Waals surface area contributed by atoms with Gasteiger partial charge >= 0.3 is 0 Å². The van der Waals surface area contributed by atoms with Crippen LogP contribution < -0.4 is 9.80 Å². The fourth-order valence-corrected chi connectivity index (χ4v) is 3.78. The van der Waals surface area contributed by atoms with Crippen LogP contribution >= 0.6 is 0 Å². The Labute approximate surface area is 158 Å². The van der Waals surface area contributed by atoms with Crippen LogP contribution in [-0.2, 0) is 16.0 Å². The molecule has 2 amide bonds. The van der Waals surface area contributed by atoms with E-state index < -0.39 is 0 Å². The van der Waals surface area contributed by atoms with Gasteiger partial charge in [0, 0.05) is 0 Å². The van der Waals surface area contributed by atoms with Crippen LogP contribution in [0.3, 0.4) is 0 Å². The van der Waals surface area contributed by atoms with Crippen molar-refractivity contribution in [2.45, 2.75) is 78.2 Å². The Morgan fingerprint density at radius 2 is 1.50 bits per heavy atom.